The Labute approximate surface area is 108 Å². The molecule has 0 rings (SSSR count). The van der Waals surface area contributed by atoms with Crippen LogP contribution in [0, 0.1) is 0 Å². The van der Waals surface area contributed by atoms with Gasteiger partial charge in [0, 0.05) is 13.0 Å². The number of carbonyl (C=O) groups is 2. The van der Waals surface area contributed by atoms with Crippen LogP contribution in [0.4, 0.5) is 4.39 Å². The van der Waals surface area contributed by atoms with Crippen molar-refractivity contribution < 1.29 is 19.1 Å². The lowest BCUT2D eigenvalue weighted by atomic mass is 10.1. The van der Waals surface area contributed by atoms with Crippen molar-refractivity contribution in [3.8, 4) is 0 Å². The van der Waals surface area contributed by atoms with Gasteiger partial charge in [0.05, 0.1) is 6.67 Å². The maximum absolute atomic E-state index is 11.8. The molecule has 0 spiro atoms. The smallest absolute Gasteiger partial charge is 0.323 e. The summed E-state index contributed by atoms with van der Waals surface area (Å²) in [7, 11) is 0. The molecule has 0 aromatic heterocycles. The highest BCUT2D eigenvalue weighted by Gasteiger charge is 2.13. The van der Waals surface area contributed by atoms with Crippen LogP contribution in [0.1, 0.15) is 51.9 Å². The van der Waals surface area contributed by atoms with Crippen molar-refractivity contribution in [2.45, 2.75) is 51.9 Å². The minimum Gasteiger partial charge on any atom is -0.480 e. The number of hydrogen-bond donors (Lipinski definition) is 1. The van der Waals surface area contributed by atoms with E-state index < -0.39 is 5.97 Å². The number of carboxylic acid groups (broad SMARTS) is 1. The van der Waals surface area contributed by atoms with Crippen LogP contribution < -0.4 is 0 Å². The van der Waals surface area contributed by atoms with Crippen LogP contribution in [0.25, 0.3) is 0 Å². The molecule has 5 heteroatoms. The quantitative estimate of drug-likeness (QED) is 0.582. The Morgan fingerprint density at radius 2 is 1.61 bits per heavy atom. The van der Waals surface area contributed by atoms with Crippen LogP contribution in [0.15, 0.2) is 0 Å². The number of halogens is 1. The van der Waals surface area contributed by atoms with E-state index in [2.05, 4.69) is 0 Å². The molecule has 0 fully saturated rings. The molecular formula is C13H24FNO3. The summed E-state index contributed by atoms with van der Waals surface area (Å²) in [4.78, 5) is 23.5. The molecule has 0 atom stereocenters. The predicted octanol–water partition coefficient (Wildman–Crippen LogP) is 2.62. The number of alkyl halides is 1. The van der Waals surface area contributed by atoms with E-state index in [0.29, 0.717) is 19.4 Å². The molecule has 0 bridgehead atoms. The number of amides is 1. The first-order valence-electron chi connectivity index (χ1n) is 6.67. The molecule has 0 aromatic rings. The van der Waals surface area contributed by atoms with Gasteiger partial charge in [-0.15, -0.1) is 0 Å². The van der Waals surface area contributed by atoms with Crippen molar-refractivity contribution in [3.05, 3.63) is 0 Å². The zero-order chi connectivity index (χ0) is 13.8. The fraction of sp³-hybridized carbons (Fsp3) is 0.846. The summed E-state index contributed by atoms with van der Waals surface area (Å²) in [5.41, 5.74) is 0. The summed E-state index contributed by atoms with van der Waals surface area (Å²) in [5.74, 6) is -1.07. The molecule has 0 saturated heterocycles. The standard InChI is InChI=1S/C13H24FNO3/c1-2-15(11-13(17)18)12(16)9-7-5-3-4-6-8-10-14/h2-11H2,1H3,(H,17,18). The average molecular weight is 261 g/mol. The number of unbranched alkanes of at least 4 members (excludes halogenated alkanes) is 5. The molecule has 0 aliphatic carbocycles. The van der Waals surface area contributed by atoms with E-state index in [0.717, 1.165) is 32.1 Å². The molecule has 4 nitrogen and oxygen atoms in total. The van der Waals surface area contributed by atoms with Crippen LogP contribution in [0.5, 0.6) is 0 Å². The molecule has 1 amide bonds. The number of hydrogen-bond acceptors (Lipinski definition) is 2. The molecule has 1 N–H and O–H groups in total. The number of nitrogens with zero attached hydrogens (tertiary/aromatic N) is 1. The van der Waals surface area contributed by atoms with Gasteiger partial charge in [-0.1, -0.05) is 25.7 Å². The first kappa shape index (κ1) is 16.9. The first-order valence-corrected chi connectivity index (χ1v) is 6.67. The highest BCUT2D eigenvalue weighted by Crippen LogP contribution is 2.08. The number of carboxylic acids is 1. The maximum atomic E-state index is 11.8. The molecule has 0 saturated carbocycles. The Kier molecular flexibility index (Phi) is 10.3. The molecule has 0 unspecified atom stereocenters. The zero-order valence-electron chi connectivity index (χ0n) is 11.2. The summed E-state index contributed by atoms with van der Waals surface area (Å²) in [6.45, 7) is 1.74. The van der Waals surface area contributed by atoms with Crippen LogP contribution in [0.3, 0.4) is 0 Å². The SMILES string of the molecule is CCN(CC(=O)O)C(=O)CCCCCCCCF. The second-order valence-electron chi connectivity index (χ2n) is 4.36. The lowest BCUT2D eigenvalue weighted by Gasteiger charge is -2.18. The summed E-state index contributed by atoms with van der Waals surface area (Å²) >= 11 is 0. The summed E-state index contributed by atoms with van der Waals surface area (Å²) in [6, 6.07) is 0. The van der Waals surface area contributed by atoms with Crippen LogP contribution >= 0.6 is 0 Å². The van der Waals surface area contributed by atoms with Crippen molar-refractivity contribution in [1.29, 1.82) is 0 Å². The van der Waals surface area contributed by atoms with E-state index in [-0.39, 0.29) is 19.1 Å². The van der Waals surface area contributed by atoms with E-state index in [9.17, 15) is 14.0 Å². The van der Waals surface area contributed by atoms with Crippen molar-refractivity contribution in [2.75, 3.05) is 19.8 Å². The third-order valence-electron chi connectivity index (χ3n) is 2.83. The van der Waals surface area contributed by atoms with Gasteiger partial charge >= 0.3 is 5.97 Å². The Morgan fingerprint density at radius 1 is 1.06 bits per heavy atom. The normalized spacial score (nSPS) is 10.3. The zero-order valence-corrected chi connectivity index (χ0v) is 11.2. The minimum atomic E-state index is -0.976. The van der Waals surface area contributed by atoms with E-state index in [1.54, 1.807) is 6.92 Å². The van der Waals surface area contributed by atoms with Gasteiger partial charge in [-0.2, -0.15) is 0 Å². The molecule has 18 heavy (non-hydrogen) atoms. The molecule has 0 heterocycles. The molecule has 0 aliphatic rings. The molecular weight excluding hydrogens is 237 g/mol. The second kappa shape index (κ2) is 11.0. The van der Waals surface area contributed by atoms with Crippen molar-refractivity contribution in [3.63, 3.8) is 0 Å². The van der Waals surface area contributed by atoms with Gasteiger partial charge < -0.3 is 10.0 Å². The van der Waals surface area contributed by atoms with E-state index in [4.69, 9.17) is 5.11 Å². The van der Waals surface area contributed by atoms with Gasteiger partial charge in [0.25, 0.3) is 0 Å². The summed E-state index contributed by atoms with van der Waals surface area (Å²) in [5, 5.41) is 8.63. The highest BCUT2D eigenvalue weighted by atomic mass is 19.1. The molecule has 0 aromatic carbocycles. The van der Waals surface area contributed by atoms with Crippen LogP contribution in [-0.4, -0.2) is 41.6 Å². The lowest BCUT2D eigenvalue weighted by molar-refractivity contribution is -0.144. The van der Waals surface area contributed by atoms with Crippen molar-refractivity contribution in [1.82, 2.24) is 4.90 Å². The molecule has 0 radical (unpaired) electrons. The third kappa shape index (κ3) is 8.96. The van der Waals surface area contributed by atoms with Crippen LogP contribution in [-0.2, 0) is 9.59 Å². The average Bonchev–Trinajstić information content (AvgIpc) is 2.34. The highest BCUT2D eigenvalue weighted by molar-refractivity contribution is 5.81. The van der Waals surface area contributed by atoms with Crippen molar-refractivity contribution in [2.24, 2.45) is 0 Å². The second-order valence-corrected chi connectivity index (χ2v) is 4.36. The lowest BCUT2D eigenvalue weighted by Crippen LogP contribution is -2.35. The topological polar surface area (TPSA) is 57.6 Å². The van der Waals surface area contributed by atoms with Crippen LogP contribution in [0.2, 0.25) is 0 Å². The number of aliphatic carboxylic acids is 1. The Bertz CT molecular complexity index is 246. The first-order chi connectivity index (χ1) is 8.61. The molecule has 106 valence electrons. The molecule has 0 aliphatic heterocycles. The number of carbonyl (C=O) groups excluding carboxylic acids is 1. The largest absolute Gasteiger partial charge is 0.480 e. The Hall–Kier alpha value is -1.13. The Balaban J connectivity index is 3.59. The van der Waals surface area contributed by atoms with E-state index >= 15 is 0 Å². The summed E-state index contributed by atoms with van der Waals surface area (Å²) in [6.07, 6.45) is 5.69. The fourth-order valence-electron chi connectivity index (χ4n) is 1.78. The fourth-order valence-corrected chi connectivity index (χ4v) is 1.78. The Morgan fingerprint density at radius 3 is 2.11 bits per heavy atom. The minimum absolute atomic E-state index is 0.0938. The van der Waals surface area contributed by atoms with Gasteiger partial charge in [-0.3, -0.25) is 14.0 Å². The maximum Gasteiger partial charge on any atom is 0.323 e. The van der Waals surface area contributed by atoms with E-state index in [1.807, 2.05) is 0 Å². The van der Waals surface area contributed by atoms with Gasteiger partial charge in [0.2, 0.25) is 5.91 Å². The summed E-state index contributed by atoms with van der Waals surface area (Å²) < 4.78 is 11.8. The number of rotatable bonds is 11. The van der Waals surface area contributed by atoms with Gasteiger partial charge in [-0.05, 0) is 19.8 Å². The van der Waals surface area contributed by atoms with Crippen molar-refractivity contribution >= 4 is 11.9 Å². The third-order valence-corrected chi connectivity index (χ3v) is 2.83. The monoisotopic (exact) mass is 261 g/mol. The predicted molar refractivity (Wildman–Crippen MR) is 68.2 cm³/mol. The van der Waals surface area contributed by atoms with Gasteiger partial charge in [0.15, 0.2) is 0 Å². The van der Waals surface area contributed by atoms with Gasteiger partial charge in [0.1, 0.15) is 6.54 Å². The van der Waals surface area contributed by atoms with E-state index in [1.165, 1.54) is 4.90 Å². The number of likely N-dealkylation sites (N-methyl/N-ethyl adjacent to an activating group) is 1. The van der Waals surface area contributed by atoms with Gasteiger partial charge in [-0.25, -0.2) is 0 Å².